The van der Waals surface area contributed by atoms with E-state index in [4.69, 9.17) is 10.7 Å². The molecule has 0 spiro atoms. The molecule has 0 atom stereocenters. The van der Waals surface area contributed by atoms with Gasteiger partial charge in [0.2, 0.25) is 0 Å². The Morgan fingerprint density at radius 2 is 1.86 bits per heavy atom. The van der Waals surface area contributed by atoms with Crippen LogP contribution >= 0.6 is 10.7 Å². The molecule has 11 heteroatoms. The molecule has 0 saturated heterocycles. The topological polar surface area (TPSA) is 81.9 Å². The van der Waals surface area contributed by atoms with Crippen LogP contribution < -0.4 is 5.56 Å². The molecule has 6 nitrogen and oxygen atoms in total. The van der Waals surface area contributed by atoms with Crippen molar-refractivity contribution in [3.05, 3.63) is 46.5 Å². The van der Waals surface area contributed by atoms with E-state index in [1.165, 1.54) is 0 Å². The van der Waals surface area contributed by atoms with E-state index in [0.717, 1.165) is 24.4 Å². The van der Waals surface area contributed by atoms with Crippen LogP contribution in [0.4, 0.5) is 13.2 Å². The molecule has 2 aromatic heterocycles. The van der Waals surface area contributed by atoms with Gasteiger partial charge in [0.1, 0.15) is 5.69 Å². The van der Waals surface area contributed by atoms with Crippen LogP contribution in [0.25, 0.3) is 5.82 Å². The van der Waals surface area contributed by atoms with Gasteiger partial charge in [-0.15, -0.1) is 0 Å². The van der Waals surface area contributed by atoms with Crippen LogP contribution in [-0.2, 0) is 15.2 Å². The number of rotatable bonds is 2. The van der Waals surface area contributed by atoms with Crippen molar-refractivity contribution in [3.63, 3.8) is 0 Å². The number of alkyl halides is 3. The number of hydrogen-bond acceptors (Lipinski definition) is 5. The number of pyridine rings is 1. The van der Waals surface area contributed by atoms with Gasteiger partial charge in [0.15, 0.2) is 10.7 Å². The van der Waals surface area contributed by atoms with E-state index in [1.807, 2.05) is 0 Å². The highest BCUT2D eigenvalue weighted by molar-refractivity contribution is 8.13. The SMILES string of the molecule is O=c1c(S(=O)(=O)Cl)ccnn1-c1cccc(C(F)(F)F)n1. The second-order valence-corrected chi connectivity index (χ2v) is 6.26. The van der Waals surface area contributed by atoms with E-state index in [-0.39, 0.29) is 0 Å². The van der Waals surface area contributed by atoms with E-state index < -0.39 is 37.2 Å². The van der Waals surface area contributed by atoms with Crippen LogP contribution in [-0.4, -0.2) is 23.2 Å². The fourth-order valence-corrected chi connectivity index (χ4v) is 2.31. The fraction of sp³-hybridized carbons (Fsp3) is 0.100. The van der Waals surface area contributed by atoms with Gasteiger partial charge in [0.05, 0.1) is 0 Å². The average molecular weight is 340 g/mol. The predicted octanol–water partition coefficient (Wildman–Crippen LogP) is 1.57. The van der Waals surface area contributed by atoms with Crippen molar-refractivity contribution < 1.29 is 21.6 Å². The van der Waals surface area contributed by atoms with Crippen LogP contribution in [0, 0.1) is 0 Å². The van der Waals surface area contributed by atoms with Gasteiger partial charge < -0.3 is 0 Å². The summed E-state index contributed by atoms with van der Waals surface area (Å²) in [6.07, 6.45) is -3.80. The van der Waals surface area contributed by atoms with E-state index in [9.17, 15) is 26.4 Å². The Morgan fingerprint density at radius 3 is 2.43 bits per heavy atom. The summed E-state index contributed by atoms with van der Waals surface area (Å²) in [5.74, 6) is -0.475. The largest absolute Gasteiger partial charge is 0.433 e. The monoisotopic (exact) mass is 339 g/mol. The second kappa shape index (κ2) is 5.11. The predicted molar refractivity (Wildman–Crippen MR) is 65.7 cm³/mol. The maximum atomic E-state index is 12.6. The third-order valence-electron chi connectivity index (χ3n) is 2.32. The van der Waals surface area contributed by atoms with Gasteiger partial charge in [-0.05, 0) is 18.2 Å². The number of nitrogens with zero attached hydrogens (tertiary/aromatic N) is 3. The first-order valence-electron chi connectivity index (χ1n) is 5.18. The molecule has 0 aliphatic rings. The molecule has 0 bridgehead atoms. The standard InChI is InChI=1S/C10H5ClF3N3O3S/c11-21(19,20)6-4-5-15-17(9(6)18)8-3-1-2-7(16-8)10(12,13)14/h1-5H. The van der Waals surface area contributed by atoms with E-state index in [2.05, 4.69) is 10.1 Å². The minimum atomic E-state index is -4.71. The smallest absolute Gasteiger partial charge is 0.266 e. The van der Waals surface area contributed by atoms with Crippen LogP contribution in [0.5, 0.6) is 0 Å². The van der Waals surface area contributed by atoms with Crippen LogP contribution in [0.1, 0.15) is 5.69 Å². The normalized spacial score (nSPS) is 12.4. The number of hydrogen-bond donors (Lipinski definition) is 0. The minimum absolute atomic E-state index is 0.421. The lowest BCUT2D eigenvalue weighted by Gasteiger charge is -2.08. The summed E-state index contributed by atoms with van der Waals surface area (Å²) >= 11 is 0. The molecule has 2 rings (SSSR count). The average Bonchev–Trinajstić information content (AvgIpc) is 2.37. The second-order valence-electron chi connectivity index (χ2n) is 3.73. The van der Waals surface area contributed by atoms with Gasteiger partial charge in [-0.1, -0.05) is 6.07 Å². The molecule has 0 aliphatic heterocycles. The summed E-state index contributed by atoms with van der Waals surface area (Å²) in [6.45, 7) is 0. The Kier molecular flexibility index (Phi) is 3.76. The van der Waals surface area contributed by atoms with Crippen molar-refractivity contribution in [3.8, 4) is 5.82 Å². The van der Waals surface area contributed by atoms with Crippen molar-refractivity contribution in [2.24, 2.45) is 0 Å². The van der Waals surface area contributed by atoms with Gasteiger partial charge in [-0.3, -0.25) is 4.79 Å². The molecule has 21 heavy (non-hydrogen) atoms. The zero-order valence-corrected chi connectivity index (χ0v) is 11.4. The first-order chi connectivity index (χ1) is 9.60. The van der Waals surface area contributed by atoms with E-state index in [0.29, 0.717) is 10.7 Å². The summed E-state index contributed by atoms with van der Waals surface area (Å²) in [6, 6.07) is 3.64. The molecule has 0 aromatic carbocycles. The molecule has 0 amide bonds. The van der Waals surface area contributed by atoms with Gasteiger partial charge in [0.25, 0.3) is 14.6 Å². The van der Waals surface area contributed by atoms with Gasteiger partial charge >= 0.3 is 6.18 Å². The molecule has 0 unspecified atom stereocenters. The van der Waals surface area contributed by atoms with E-state index >= 15 is 0 Å². The lowest BCUT2D eigenvalue weighted by molar-refractivity contribution is -0.141. The third-order valence-corrected chi connectivity index (χ3v) is 3.65. The Bertz CT molecular complexity index is 848. The minimum Gasteiger partial charge on any atom is -0.266 e. The Morgan fingerprint density at radius 1 is 1.19 bits per heavy atom. The lowest BCUT2D eigenvalue weighted by Crippen LogP contribution is -2.26. The summed E-state index contributed by atoms with van der Waals surface area (Å²) < 4.78 is 60.5. The molecule has 112 valence electrons. The molecule has 0 saturated carbocycles. The van der Waals surface area contributed by atoms with Crippen molar-refractivity contribution in [1.82, 2.24) is 14.8 Å². The quantitative estimate of drug-likeness (QED) is 0.776. The zero-order valence-electron chi connectivity index (χ0n) is 9.87. The van der Waals surface area contributed by atoms with Crippen molar-refractivity contribution in [2.45, 2.75) is 11.1 Å². The first-order valence-corrected chi connectivity index (χ1v) is 7.49. The Hall–Kier alpha value is -1.94. The highest BCUT2D eigenvalue weighted by Crippen LogP contribution is 2.27. The highest BCUT2D eigenvalue weighted by Gasteiger charge is 2.32. The van der Waals surface area contributed by atoms with Crippen molar-refractivity contribution >= 4 is 19.7 Å². The summed E-state index contributed by atoms with van der Waals surface area (Å²) in [4.78, 5) is 14.3. The molecule has 0 N–H and O–H groups in total. The molecule has 0 fully saturated rings. The van der Waals surface area contributed by atoms with Crippen LogP contribution in [0.2, 0.25) is 0 Å². The first kappa shape index (κ1) is 15.4. The number of halogens is 4. The van der Waals surface area contributed by atoms with Crippen LogP contribution in [0.15, 0.2) is 40.2 Å². The maximum absolute atomic E-state index is 12.6. The Balaban J connectivity index is 2.67. The summed E-state index contributed by atoms with van der Waals surface area (Å²) in [5, 5.41) is 3.50. The van der Waals surface area contributed by atoms with Crippen molar-refractivity contribution in [2.75, 3.05) is 0 Å². The molecule has 0 radical (unpaired) electrons. The molecule has 2 aromatic rings. The molecular weight excluding hydrogens is 335 g/mol. The summed E-state index contributed by atoms with van der Waals surface area (Å²) in [7, 11) is 0.704. The zero-order chi connectivity index (χ0) is 15.8. The van der Waals surface area contributed by atoms with Gasteiger partial charge in [-0.2, -0.15) is 23.0 Å². The van der Waals surface area contributed by atoms with Crippen LogP contribution in [0.3, 0.4) is 0 Å². The lowest BCUT2D eigenvalue weighted by atomic mass is 10.3. The van der Waals surface area contributed by atoms with Gasteiger partial charge in [-0.25, -0.2) is 13.4 Å². The number of aromatic nitrogens is 3. The van der Waals surface area contributed by atoms with Crippen molar-refractivity contribution in [1.29, 1.82) is 0 Å². The fourth-order valence-electron chi connectivity index (χ4n) is 1.44. The third kappa shape index (κ3) is 3.22. The maximum Gasteiger partial charge on any atom is 0.433 e. The summed E-state index contributed by atoms with van der Waals surface area (Å²) in [5.41, 5.74) is -2.44. The molecule has 2 heterocycles. The molecule has 0 aliphatic carbocycles. The molecular formula is C10H5ClF3N3O3S. The highest BCUT2D eigenvalue weighted by atomic mass is 35.7. The van der Waals surface area contributed by atoms with E-state index in [1.54, 1.807) is 0 Å². The van der Waals surface area contributed by atoms with Gasteiger partial charge in [0, 0.05) is 16.9 Å². The Labute approximate surface area is 120 Å².